The highest BCUT2D eigenvalue weighted by molar-refractivity contribution is 6.16. The molecule has 1 aliphatic rings. The van der Waals surface area contributed by atoms with Crippen LogP contribution in [-0.2, 0) is 19.1 Å². The van der Waals surface area contributed by atoms with Crippen LogP contribution in [0.5, 0.6) is 0 Å². The molecule has 0 fully saturated rings. The third kappa shape index (κ3) is 4.18. The predicted octanol–water partition coefficient (Wildman–Crippen LogP) is 3.94. The molecule has 0 bridgehead atoms. The highest BCUT2D eigenvalue weighted by Gasteiger charge is 2.36. The first kappa shape index (κ1) is 22.5. The van der Waals surface area contributed by atoms with Gasteiger partial charge in [-0.1, -0.05) is 12.1 Å². The van der Waals surface area contributed by atoms with E-state index in [2.05, 4.69) is 0 Å². The van der Waals surface area contributed by atoms with Crippen LogP contribution in [0.2, 0.25) is 0 Å². The van der Waals surface area contributed by atoms with Crippen molar-refractivity contribution < 1.29 is 23.5 Å². The number of carbonyl (C=O) groups excluding carboxylic acids is 2. The lowest BCUT2D eigenvalue weighted by molar-refractivity contribution is -0.136. The predicted molar refractivity (Wildman–Crippen MR) is 116 cm³/mol. The summed E-state index contributed by atoms with van der Waals surface area (Å²) in [7, 11) is 2.90. The Kier molecular flexibility index (Phi) is 6.75. The number of para-hydroxylation sites is 1. The first-order chi connectivity index (χ1) is 14.8. The summed E-state index contributed by atoms with van der Waals surface area (Å²) in [6, 6.07) is 8.40. The molecule has 1 aromatic carbocycles. The van der Waals surface area contributed by atoms with E-state index in [0.717, 1.165) is 17.0 Å². The third-order valence-electron chi connectivity index (χ3n) is 5.49. The Hall–Kier alpha value is -3.19. The van der Waals surface area contributed by atoms with Crippen LogP contribution in [0.15, 0.2) is 47.2 Å². The summed E-state index contributed by atoms with van der Waals surface area (Å²) in [5.74, 6) is -1.16. The van der Waals surface area contributed by atoms with E-state index in [0.29, 0.717) is 31.0 Å². The van der Waals surface area contributed by atoms with Crippen LogP contribution in [0.1, 0.15) is 30.3 Å². The lowest BCUT2D eigenvalue weighted by Crippen LogP contribution is -2.26. The van der Waals surface area contributed by atoms with Gasteiger partial charge in [-0.2, -0.15) is 0 Å². The fourth-order valence-corrected chi connectivity index (χ4v) is 3.96. The van der Waals surface area contributed by atoms with E-state index in [1.807, 2.05) is 19.9 Å². The standard InChI is InChI=1S/C24H27FN2O4/c1-15-13-18(16(2)27(15)21-10-7-6-9-20(21)25)14-19-22(24(29)31-5)17(3)26(23(19)28)11-8-12-30-4/h6-7,9-10,13-14H,8,11-12H2,1-5H3. The zero-order valence-corrected chi connectivity index (χ0v) is 18.5. The third-order valence-corrected chi connectivity index (χ3v) is 5.49. The maximum Gasteiger partial charge on any atom is 0.340 e. The second kappa shape index (κ2) is 9.31. The van der Waals surface area contributed by atoms with Crippen LogP contribution >= 0.6 is 0 Å². The van der Waals surface area contributed by atoms with Gasteiger partial charge in [0.2, 0.25) is 0 Å². The van der Waals surface area contributed by atoms with Crippen molar-refractivity contribution >= 4 is 18.0 Å². The van der Waals surface area contributed by atoms with E-state index in [4.69, 9.17) is 9.47 Å². The van der Waals surface area contributed by atoms with Gasteiger partial charge in [0.15, 0.2) is 0 Å². The number of hydrogen-bond acceptors (Lipinski definition) is 4. The lowest BCUT2D eigenvalue weighted by atomic mass is 10.0. The molecule has 2 heterocycles. The van der Waals surface area contributed by atoms with Crippen LogP contribution in [0.25, 0.3) is 11.8 Å². The molecule has 0 N–H and O–H groups in total. The summed E-state index contributed by atoms with van der Waals surface area (Å²) in [5, 5.41) is 0. The highest BCUT2D eigenvalue weighted by Crippen LogP contribution is 2.33. The second-order valence-electron chi connectivity index (χ2n) is 7.43. The van der Waals surface area contributed by atoms with Crippen molar-refractivity contribution in [3.8, 4) is 5.69 Å². The van der Waals surface area contributed by atoms with Crippen molar-refractivity contribution in [2.75, 3.05) is 27.4 Å². The van der Waals surface area contributed by atoms with Crippen molar-refractivity contribution in [3.05, 3.63) is 69.9 Å². The molecular formula is C24H27FN2O4. The van der Waals surface area contributed by atoms with Crippen LogP contribution in [0.4, 0.5) is 4.39 Å². The average molecular weight is 426 g/mol. The number of aromatic nitrogens is 1. The fraction of sp³-hybridized carbons (Fsp3) is 0.333. The second-order valence-corrected chi connectivity index (χ2v) is 7.43. The van der Waals surface area contributed by atoms with Gasteiger partial charge in [-0.3, -0.25) is 4.79 Å². The maximum atomic E-state index is 14.4. The van der Waals surface area contributed by atoms with Crippen LogP contribution in [0, 0.1) is 19.7 Å². The van der Waals surface area contributed by atoms with E-state index in [1.54, 1.807) is 47.8 Å². The van der Waals surface area contributed by atoms with Gasteiger partial charge in [0, 0.05) is 37.3 Å². The number of methoxy groups -OCH3 is 2. The van der Waals surface area contributed by atoms with Crippen molar-refractivity contribution in [1.82, 2.24) is 9.47 Å². The number of allylic oxidation sites excluding steroid dienone is 1. The summed E-state index contributed by atoms with van der Waals surface area (Å²) < 4.78 is 26.2. The molecule has 0 saturated heterocycles. The number of benzene rings is 1. The quantitative estimate of drug-likeness (QED) is 0.382. The Morgan fingerprint density at radius 1 is 1.16 bits per heavy atom. The zero-order chi connectivity index (χ0) is 22.7. The van der Waals surface area contributed by atoms with Crippen LogP contribution < -0.4 is 0 Å². The van der Waals surface area contributed by atoms with Crippen LogP contribution in [-0.4, -0.2) is 48.7 Å². The maximum absolute atomic E-state index is 14.4. The number of esters is 1. The van der Waals surface area contributed by atoms with E-state index >= 15 is 0 Å². The number of nitrogens with zero attached hydrogens (tertiary/aromatic N) is 2. The number of halogens is 1. The monoisotopic (exact) mass is 426 g/mol. The first-order valence-corrected chi connectivity index (χ1v) is 10.1. The molecule has 0 atom stereocenters. The van der Waals surface area contributed by atoms with E-state index in [1.165, 1.54) is 13.2 Å². The van der Waals surface area contributed by atoms with Crippen molar-refractivity contribution in [3.63, 3.8) is 0 Å². The van der Waals surface area contributed by atoms with Crippen LogP contribution in [0.3, 0.4) is 0 Å². The molecule has 0 saturated carbocycles. The number of ether oxygens (including phenoxy) is 2. The Morgan fingerprint density at radius 2 is 1.87 bits per heavy atom. The molecule has 6 nitrogen and oxygen atoms in total. The van der Waals surface area contributed by atoms with Crippen molar-refractivity contribution in [1.29, 1.82) is 0 Å². The van der Waals surface area contributed by atoms with Crippen molar-refractivity contribution in [2.24, 2.45) is 0 Å². The fourth-order valence-electron chi connectivity index (χ4n) is 3.96. The zero-order valence-electron chi connectivity index (χ0n) is 18.5. The van der Waals surface area contributed by atoms with Gasteiger partial charge >= 0.3 is 5.97 Å². The van der Waals surface area contributed by atoms with Gasteiger partial charge in [-0.15, -0.1) is 0 Å². The highest BCUT2D eigenvalue weighted by atomic mass is 19.1. The normalized spacial score (nSPS) is 15.4. The first-order valence-electron chi connectivity index (χ1n) is 10.1. The van der Waals surface area contributed by atoms with E-state index in [-0.39, 0.29) is 22.9 Å². The smallest absolute Gasteiger partial charge is 0.340 e. The van der Waals surface area contributed by atoms with Gasteiger partial charge in [0.1, 0.15) is 5.82 Å². The van der Waals surface area contributed by atoms with Gasteiger partial charge < -0.3 is 18.9 Å². The van der Waals surface area contributed by atoms with Crippen molar-refractivity contribution in [2.45, 2.75) is 27.2 Å². The summed E-state index contributed by atoms with van der Waals surface area (Å²) in [6.45, 7) is 6.41. The molecule has 0 radical (unpaired) electrons. The number of carbonyl (C=O) groups is 2. The molecule has 1 amide bonds. The number of hydrogen-bond donors (Lipinski definition) is 0. The molecule has 7 heteroatoms. The van der Waals surface area contributed by atoms with E-state index < -0.39 is 5.97 Å². The number of amides is 1. The van der Waals surface area contributed by atoms with Gasteiger partial charge in [-0.05, 0) is 57.0 Å². The molecule has 1 aliphatic heterocycles. The Labute approximate surface area is 181 Å². The summed E-state index contributed by atoms with van der Waals surface area (Å²) in [4.78, 5) is 27.2. The average Bonchev–Trinajstić information content (AvgIpc) is 3.15. The Morgan fingerprint density at radius 3 is 2.52 bits per heavy atom. The topological polar surface area (TPSA) is 60.8 Å². The largest absolute Gasteiger partial charge is 0.465 e. The molecule has 3 rings (SSSR count). The van der Waals surface area contributed by atoms with Gasteiger partial charge in [-0.25, -0.2) is 9.18 Å². The molecule has 0 unspecified atom stereocenters. The minimum atomic E-state index is -0.561. The van der Waals surface area contributed by atoms with Gasteiger partial charge in [0.25, 0.3) is 5.91 Å². The molecule has 2 aromatic rings. The minimum Gasteiger partial charge on any atom is -0.465 e. The summed E-state index contributed by atoms with van der Waals surface area (Å²) >= 11 is 0. The molecular weight excluding hydrogens is 399 g/mol. The molecule has 1 aromatic heterocycles. The SMILES string of the molecule is COCCCN1C(=O)C(=Cc2cc(C)n(-c3ccccc3F)c2C)C(C(=O)OC)=C1C. The molecule has 164 valence electrons. The summed E-state index contributed by atoms with van der Waals surface area (Å²) in [6.07, 6.45) is 2.33. The molecule has 0 aliphatic carbocycles. The summed E-state index contributed by atoms with van der Waals surface area (Å²) in [5.41, 5.74) is 3.83. The van der Waals surface area contributed by atoms with Gasteiger partial charge in [0.05, 0.1) is 23.9 Å². The lowest BCUT2D eigenvalue weighted by Gasteiger charge is -2.17. The number of rotatable bonds is 7. The Bertz CT molecular complexity index is 1080. The number of aryl methyl sites for hydroxylation is 1. The Balaban J connectivity index is 2.08. The van der Waals surface area contributed by atoms with E-state index in [9.17, 15) is 14.0 Å². The molecule has 0 spiro atoms. The minimum absolute atomic E-state index is 0.251. The molecule has 31 heavy (non-hydrogen) atoms.